The Morgan fingerprint density at radius 2 is 1.90 bits per heavy atom. The molecule has 0 saturated carbocycles. The number of rotatable bonds is 7. The molecule has 0 aromatic heterocycles. The third-order valence-corrected chi connectivity index (χ3v) is 2.89. The summed E-state index contributed by atoms with van der Waals surface area (Å²) < 4.78 is 1.25. The summed E-state index contributed by atoms with van der Waals surface area (Å²) in [7, 11) is 0. The average molecular weight is 292 g/mol. The highest BCUT2D eigenvalue weighted by molar-refractivity contribution is 5.85. The van der Waals surface area contributed by atoms with Crippen molar-refractivity contribution in [3.63, 3.8) is 0 Å². The highest BCUT2D eigenvalue weighted by atomic mass is 16.4. The van der Waals surface area contributed by atoms with Crippen LogP contribution in [0.2, 0.25) is 0 Å². The third kappa shape index (κ3) is 4.41. The fraction of sp³-hybridized carbons (Fsp3) is 0.286. The van der Waals surface area contributed by atoms with Gasteiger partial charge in [0.15, 0.2) is 12.8 Å². The summed E-state index contributed by atoms with van der Waals surface area (Å²) in [4.78, 5) is 34.1. The molecular weight excluding hydrogens is 274 g/mol. The first-order valence-electron chi connectivity index (χ1n) is 6.31. The Kier molecular flexibility index (Phi) is 5.59. The van der Waals surface area contributed by atoms with E-state index in [1.165, 1.54) is 11.6 Å². The predicted octanol–water partition coefficient (Wildman–Crippen LogP) is 0.513. The number of nitrogens with zero attached hydrogens (tertiary/aromatic N) is 2. The molecule has 112 valence electrons. The van der Waals surface area contributed by atoms with Gasteiger partial charge >= 0.3 is 5.97 Å². The maximum absolute atomic E-state index is 11.8. The summed E-state index contributed by atoms with van der Waals surface area (Å²) in [5.41, 5.74) is 5.88. The van der Waals surface area contributed by atoms with Gasteiger partial charge < -0.3 is 10.8 Å². The number of carboxylic acids is 1. The van der Waals surface area contributed by atoms with Crippen LogP contribution in [0.25, 0.3) is 0 Å². The number of benzene rings is 1. The third-order valence-electron chi connectivity index (χ3n) is 2.89. The van der Waals surface area contributed by atoms with Crippen LogP contribution in [0.1, 0.15) is 19.8 Å². The van der Waals surface area contributed by atoms with E-state index in [-0.39, 0.29) is 12.8 Å². The van der Waals surface area contributed by atoms with E-state index in [1.807, 2.05) is 0 Å². The summed E-state index contributed by atoms with van der Waals surface area (Å²) in [6, 6.07) is 7.64. The molecule has 3 N–H and O–H groups in total. The second kappa shape index (κ2) is 7.18. The minimum Gasteiger partial charge on any atom is -0.481 e. The number of primary amides is 1. The normalized spacial score (nSPS) is 11.5. The van der Waals surface area contributed by atoms with Crippen molar-refractivity contribution in [1.82, 2.24) is 5.01 Å². The molecule has 0 fully saturated rings. The number of aliphatic carboxylic acids is 1. The maximum Gasteiger partial charge on any atom is 0.303 e. The molecular formula is C14H18N3O4+. The van der Waals surface area contributed by atoms with Gasteiger partial charge in [-0.25, -0.2) is 0 Å². The molecule has 0 unspecified atom stereocenters. The van der Waals surface area contributed by atoms with Gasteiger partial charge in [-0.1, -0.05) is 22.9 Å². The van der Waals surface area contributed by atoms with Crippen LogP contribution in [0, 0.1) is 0 Å². The monoisotopic (exact) mass is 292 g/mol. The smallest absolute Gasteiger partial charge is 0.303 e. The van der Waals surface area contributed by atoms with Gasteiger partial charge in [0.25, 0.3) is 5.91 Å². The first-order chi connectivity index (χ1) is 9.84. The number of hydrogen-bond acceptors (Lipinski definition) is 3. The molecule has 0 radical (unpaired) electrons. The maximum atomic E-state index is 11.8. The summed E-state index contributed by atoms with van der Waals surface area (Å²) in [6.07, 6.45) is -0.358. The number of hydrazine groups is 1. The van der Waals surface area contributed by atoms with Crippen LogP contribution in [0.15, 0.2) is 30.3 Å². The number of nitrogens with two attached hydrogens (primary N) is 1. The van der Waals surface area contributed by atoms with Crippen LogP contribution < -0.4 is 5.73 Å². The Morgan fingerprint density at radius 3 is 2.33 bits per heavy atom. The summed E-state index contributed by atoms with van der Waals surface area (Å²) in [6.45, 7) is 5.01. The van der Waals surface area contributed by atoms with E-state index < -0.39 is 23.8 Å². The highest BCUT2D eigenvalue weighted by Gasteiger charge is 2.35. The van der Waals surface area contributed by atoms with E-state index in [2.05, 4.69) is 6.72 Å². The van der Waals surface area contributed by atoms with Crippen molar-refractivity contribution < 1.29 is 24.2 Å². The second-order valence-electron chi connectivity index (χ2n) is 4.45. The molecule has 0 bridgehead atoms. The molecule has 7 heteroatoms. The molecule has 1 atom stereocenters. The van der Waals surface area contributed by atoms with Crippen LogP contribution in [-0.4, -0.2) is 45.3 Å². The van der Waals surface area contributed by atoms with Crippen LogP contribution in [0.3, 0.4) is 0 Å². The van der Waals surface area contributed by atoms with Crippen LogP contribution >= 0.6 is 0 Å². The van der Waals surface area contributed by atoms with Gasteiger partial charge in [0.05, 0.1) is 0 Å². The Hall–Kier alpha value is -2.70. The van der Waals surface area contributed by atoms with E-state index in [9.17, 15) is 14.4 Å². The van der Waals surface area contributed by atoms with Crippen LogP contribution in [0.5, 0.6) is 0 Å². The van der Waals surface area contributed by atoms with E-state index >= 15 is 0 Å². The summed E-state index contributed by atoms with van der Waals surface area (Å²) in [5.74, 6) is -2.31. The molecule has 7 nitrogen and oxygen atoms in total. The Balaban J connectivity index is 3.07. The average Bonchev–Trinajstić information content (AvgIpc) is 2.42. The van der Waals surface area contributed by atoms with Gasteiger partial charge in [-0.3, -0.25) is 14.4 Å². The number of hydrogen-bond donors (Lipinski definition) is 2. The van der Waals surface area contributed by atoms with Crippen molar-refractivity contribution in [2.45, 2.75) is 25.8 Å². The molecule has 0 saturated heterocycles. The number of hydrazone groups is 1. The molecule has 1 rings (SSSR count). The molecule has 0 heterocycles. The first-order valence-corrected chi connectivity index (χ1v) is 6.31. The fourth-order valence-corrected chi connectivity index (χ4v) is 1.93. The number of carbonyl (C=O) groups is 3. The van der Waals surface area contributed by atoms with E-state index in [4.69, 9.17) is 10.8 Å². The molecule has 0 aliphatic carbocycles. The molecule has 0 spiro atoms. The molecule has 1 aromatic rings. The zero-order valence-electron chi connectivity index (χ0n) is 11.7. The number of carboxylic acid groups (broad SMARTS) is 1. The largest absolute Gasteiger partial charge is 0.481 e. The predicted molar refractivity (Wildman–Crippen MR) is 75.9 cm³/mol. The first kappa shape index (κ1) is 16.4. The molecule has 1 aromatic carbocycles. The van der Waals surface area contributed by atoms with Crippen LogP contribution in [-0.2, 0) is 14.4 Å². The zero-order valence-corrected chi connectivity index (χ0v) is 11.7. The quantitative estimate of drug-likeness (QED) is 0.434. The lowest BCUT2D eigenvalue weighted by Crippen LogP contribution is -2.50. The molecule has 0 aliphatic rings. The van der Waals surface area contributed by atoms with Gasteiger partial charge in [-0.2, -0.15) is 0 Å². The fourth-order valence-electron chi connectivity index (χ4n) is 1.93. The number of para-hydroxylation sites is 1. The van der Waals surface area contributed by atoms with Gasteiger partial charge in [0.2, 0.25) is 11.6 Å². The zero-order chi connectivity index (χ0) is 16.0. The van der Waals surface area contributed by atoms with Gasteiger partial charge in [-0.05, 0) is 6.42 Å². The van der Waals surface area contributed by atoms with Crippen molar-refractivity contribution in [1.29, 1.82) is 0 Å². The Labute approximate surface area is 122 Å². The molecule has 21 heavy (non-hydrogen) atoms. The van der Waals surface area contributed by atoms with E-state index in [0.717, 1.165) is 5.01 Å². The van der Waals surface area contributed by atoms with Crippen molar-refractivity contribution in [3.05, 3.63) is 30.3 Å². The summed E-state index contributed by atoms with van der Waals surface area (Å²) in [5, 5.41) is 9.81. The summed E-state index contributed by atoms with van der Waals surface area (Å²) >= 11 is 0. The Bertz CT molecular complexity index is 557. The van der Waals surface area contributed by atoms with Crippen molar-refractivity contribution in [2.75, 3.05) is 0 Å². The lowest BCUT2D eigenvalue weighted by atomic mass is 10.1. The standard InChI is InChI=1S/C14H17N3O4/c1-10(18)17(12(14(15)21)8-9-13(19)20)16(2)11-6-4-3-5-7-11/h3-7,12H,2,8-9H2,1H3,(H2-,15,19,20,21)/p+1/t12-/m1/s1. The SMILES string of the molecule is C=[N+](c1ccccc1)N(C(C)=O)[C@H](CCC(=O)O)C(N)=O. The number of amides is 2. The highest BCUT2D eigenvalue weighted by Crippen LogP contribution is 2.17. The van der Waals surface area contributed by atoms with Crippen LogP contribution in [0.4, 0.5) is 5.69 Å². The van der Waals surface area contributed by atoms with Crippen molar-refractivity contribution in [2.24, 2.45) is 5.73 Å². The second-order valence-corrected chi connectivity index (χ2v) is 4.45. The van der Waals surface area contributed by atoms with Crippen molar-refractivity contribution >= 4 is 30.2 Å². The van der Waals surface area contributed by atoms with Crippen molar-refractivity contribution in [3.8, 4) is 0 Å². The topological polar surface area (TPSA) is 104 Å². The molecule has 2 amide bonds. The molecule has 0 aliphatic heterocycles. The minimum atomic E-state index is -1.07. The van der Waals surface area contributed by atoms with Gasteiger partial charge in [-0.15, -0.1) is 5.01 Å². The van der Waals surface area contributed by atoms with Gasteiger partial charge in [0.1, 0.15) is 0 Å². The Morgan fingerprint density at radius 1 is 1.33 bits per heavy atom. The minimum absolute atomic E-state index is 0.0803. The lowest BCUT2D eigenvalue weighted by molar-refractivity contribution is -0.600. The van der Waals surface area contributed by atoms with E-state index in [1.54, 1.807) is 30.3 Å². The lowest BCUT2D eigenvalue weighted by Gasteiger charge is -2.23. The number of carbonyl (C=O) groups excluding carboxylic acids is 2. The van der Waals surface area contributed by atoms with E-state index in [0.29, 0.717) is 5.69 Å². The van der Waals surface area contributed by atoms with Gasteiger partial charge in [0, 0.05) is 25.5 Å².